The molecule has 2 aromatic rings. The van der Waals surface area contributed by atoms with Crippen LogP contribution < -0.4 is 15.5 Å². The normalized spacial score (nSPS) is 14.5. The zero-order chi connectivity index (χ0) is 15.5. The van der Waals surface area contributed by atoms with E-state index in [0.29, 0.717) is 0 Å². The van der Waals surface area contributed by atoms with Crippen LogP contribution in [0.3, 0.4) is 0 Å². The Morgan fingerprint density at radius 3 is 3.09 bits per heavy atom. The number of benzene rings is 1. The predicted molar refractivity (Wildman–Crippen MR) is 89.7 cm³/mol. The van der Waals surface area contributed by atoms with E-state index in [4.69, 9.17) is 0 Å². The van der Waals surface area contributed by atoms with E-state index >= 15 is 0 Å². The highest BCUT2D eigenvalue weighted by Crippen LogP contribution is 2.29. The van der Waals surface area contributed by atoms with Gasteiger partial charge in [0.05, 0.1) is 11.1 Å². The molecule has 0 unspecified atom stereocenters. The number of anilines is 2. The van der Waals surface area contributed by atoms with Crippen molar-refractivity contribution in [3.05, 3.63) is 46.8 Å². The quantitative estimate of drug-likeness (QED) is 0.812. The van der Waals surface area contributed by atoms with Gasteiger partial charge in [-0.1, -0.05) is 12.1 Å². The van der Waals surface area contributed by atoms with Gasteiger partial charge in [-0.05, 0) is 41.1 Å². The summed E-state index contributed by atoms with van der Waals surface area (Å²) in [4.78, 5) is 13.9. The molecule has 2 amide bonds. The van der Waals surface area contributed by atoms with Crippen LogP contribution in [0.15, 0.2) is 35.7 Å². The molecule has 0 fully saturated rings. The molecule has 1 atom stereocenters. The molecular formula is C16H19N3O2S. The molecule has 5 nitrogen and oxygen atoms in total. The number of nitrogens with one attached hydrogen (secondary N) is 2. The molecule has 1 aromatic carbocycles. The average Bonchev–Trinajstić information content (AvgIpc) is 3.15. The lowest BCUT2D eigenvalue weighted by Crippen LogP contribution is -2.32. The van der Waals surface area contributed by atoms with Crippen LogP contribution in [0.2, 0.25) is 0 Å². The van der Waals surface area contributed by atoms with Crippen molar-refractivity contribution >= 4 is 28.1 Å². The van der Waals surface area contributed by atoms with Crippen molar-refractivity contribution in [3.63, 3.8) is 0 Å². The molecule has 116 valence electrons. The van der Waals surface area contributed by atoms with Gasteiger partial charge in [0.1, 0.15) is 0 Å². The van der Waals surface area contributed by atoms with Gasteiger partial charge in [-0.25, -0.2) is 4.79 Å². The summed E-state index contributed by atoms with van der Waals surface area (Å²) in [7, 11) is 2.07. The molecule has 6 heteroatoms. The molecule has 2 heterocycles. The van der Waals surface area contributed by atoms with Crippen molar-refractivity contribution in [2.24, 2.45) is 0 Å². The Bertz CT molecular complexity index is 657. The Hall–Kier alpha value is -2.05. The Kier molecular flexibility index (Phi) is 4.31. The molecule has 0 aliphatic carbocycles. The van der Waals surface area contributed by atoms with Crippen molar-refractivity contribution in [2.75, 3.05) is 30.4 Å². The number of hydrogen-bond acceptors (Lipinski definition) is 4. The standard InChI is InChI=1S/C16H19N3O2S/c1-19-7-6-11-9-12(4-5-13(11)19)14(20)10-17-16(21)18-15-3-2-8-22-15/h2-5,8-9,14,20H,6-7,10H2,1H3,(H2,17,18,21)/t14-/m1/s1. The molecule has 0 spiro atoms. The number of nitrogens with zero attached hydrogens (tertiary/aromatic N) is 1. The fraction of sp³-hybridized carbons (Fsp3) is 0.312. The fourth-order valence-electron chi connectivity index (χ4n) is 2.61. The summed E-state index contributed by atoms with van der Waals surface area (Å²) in [5.41, 5.74) is 3.31. The maximum absolute atomic E-state index is 11.7. The zero-order valence-corrected chi connectivity index (χ0v) is 13.2. The maximum Gasteiger partial charge on any atom is 0.319 e. The van der Waals surface area contributed by atoms with Gasteiger partial charge in [0.2, 0.25) is 0 Å². The van der Waals surface area contributed by atoms with E-state index in [-0.39, 0.29) is 12.6 Å². The molecule has 1 aliphatic rings. The minimum Gasteiger partial charge on any atom is -0.387 e. The number of aliphatic hydroxyl groups excluding tert-OH is 1. The van der Waals surface area contributed by atoms with E-state index in [1.807, 2.05) is 35.7 Å². The van der Waals surface area contributed by atoms with Crippen molar-refractivity contribution in [1.29, 1.82) is 0 Å². The first kappa shape index (κ1) is 14.9. The average molecular weight is 317 g/mol. The minimum atomic E-state index is -0.703. The molecule has 0 saturated carbocycles. The van der Waals surface area contributed by atoms with Gasteiger partial charge in [-0.15, -0.1) is 11.3 Å². The highest BCUT2D eigenvalue weighted by molar-refractivity contribution is 7.14. The van der Waals surface area contributed by atoms with Crippen molar-refractivity contribution in [3.8, 4) is 0 Å². The number of amides is 2. The van der Waals surface area contributed by atoms with Gasteiger partial charge >= 0.3 is 6.03 Å². The van der Waals surface area contributed by atoms with Crippen LogP contribution >= 0.6 is 11.3 Å². The van der Waals surface area contributed by atoms with E-state index in [1.165, 1.54) is 22.6 Å². The number of carbonyl (C=O) groups is 1. The summed E-state index contributed by atoms with van der Waals surface area (Å²) >= 11 is 1.46. The first-order valence-corrected chi connectivity index (χ1v) is 8.12. The molecule has 1 aliphatic heterocycles. The van der Waals surface area contributed by atoms with Gasteiger partial charge in [0.15, 0.2) is 0 Å². The summed E-state index contributed by atoms with van der Waals surface area (Å²) in [6.45, 7) is 1.20. The number of rotatable bonds is 4. The molecule has 0 bridgehead atoms. The molecule has 3 rings (SSSR count). The summed E-state index contributed by atoms with van der Waals surface area (Å²) in [5.74, 6) is 0. The summed E-state index contributed by atoms with van der Waals surface area (Å²) in [6, 6.07) is 9.38. The molecule has 22 heavy (non-hydrogen) atoms. The van der Waals surface area contributed by atoms with Gasteiger partial charge in [0.25, 0.3) is 0 Å². The van der Waals surface area contributed by atoms with E-state index in [9.17, 15) is 9.90 Å². The highest BCUT2D eigenvalue weighted by Gasteiger charge is 2.18. The van der Waals surface area contributed by atoms with Gasteiger partial charge in [-0.3, -0.25) is 5.32 Å². The molecule has 0 radical (unpaired) electrons. The first-order chi connectivity index (χ1) is 10.6. The number of hydrogen-bond donors (Lipinski definition) is 3. The van der Waals surface area contributed by atoms with Crippen LogP contribution in [0.25, 0.3) is 0 Å². The van der Waals surface area contributed by atoms with Crippen LogP contribution in [-0.4, -0.2) is 31.3 Å². The molecular weight excluding hydrogens is 298 g/mol. The second kappa shape index (κ2) is 6.37. The van der Waals surface area contributed by atoms with E-state index < -0.39 is 6.10 Å². The minimum absolute atomic E-state index is 0.186. The number of fused-ring (bicyclic) bond motifs is 1. The highest BCUT2D eigenvalue weighted by atomic mass is 32.1. The number of aliphatic hydroxyl groups is 1. The Labute approximate surface area is 133 Å². The van der Waals surface area contributed by atoms with Crippen LogP contribution in [0, 0.1) is 0 Å². The lowest BCUT2D eigenvalue weighted by molar-refractivity contribution is 0.175. The maximum atomic E-state index is 11.7. The van der Waals surface area contributed by atoms with Crippen LogP contribution in [0.4, 0.5) is 15.5 Å². The largest absolute Gasteiger partial charge is 0.387 e. The third-order valence-electron chi connectivity index (χ3n) is 3.83. The van der Waals surface area contributed by atoms with E-state index in [2.05, 4.69) is 22.6 Å². The zero-order valence-electron chi connectivity index (χ0n) is 12.4. The number of urea groups is 1. The second-order valence-corrected chi connectivity index (χ2v) is 6.34. The fourth-order valence-corrected chi connectivity index (χ4v) is 3.22. The van der Waals surface area contributed by atoms with Crippen LogP contribution in [0.5, 0.6) is 0 Å². The third kappa shape index (κ3) is 3.23. The molecule has 1 aromatic heterocycles. The van der Waals surface area contributed by atoms with Gasteiger partial charge in [-0.2, -0.15) is 0 Å². The van der Waals surface area contributed by atoms with Crippen molar-refractivity contribution in [2.45, 2.75) is 12.5 Å². The SMILES string of the molecule is CN1CCc2cc([C@H](O)CNC(=O)Nc3cccs3)ccc21. The molecule has 0 saturated heterocycles. The molecule has 3 N–H and O–H groups in total. The number of likely N-dealkylation sites (N-methyl/N-ethyl adjacent to an activating group) is 1. The lowest BCUT2D eigenvalue weighted by Gasteiger charge is -2.15. The summed E-state index contributed by atoms with van der Waals surface area (Å²) < 4.78 is 0. The summed E-state index contributed by atoms with van der Waals surface area (Å²) in [6.07, 6.45) is 0.295. The lowest BCUT2D eigenvalue weighted by atomic mass is 10.0. The Morgan fingerprint density at radius 2 is 2.32 bits per heavy atom. The topological polar surface area (TPSA) is 64.6 Å². The van der Waals surface area contributed by atoms with Crippen LogP contribution in [0.1, 0.15) is 17.2 Å². The Morgan fingerprint density at radius 1 is 1.45 bits per heavy atom. The van der Waals surface area contributed by atoms with Gasteiger partial charge in [0, 0.05) is 25.8 Å². The number of thiophene rings is 1. The summed E-state index contributed by atoms with van der Waals surface area (Å²) in [5, 5.41) is 18.3. The van der Waals surface area contributed by atoms with Crippen molar-refractivity contribution < 1.29 is 9.90 Å². The monoisotopic (exact) mass is 317 g/mol. The predicted octanol–water partition coefficient (Wildman–Crippen LogP) is 2.60. The first-order valence-electron chi connectivity index (χ1n) is 7.24. The van der Waals surface area contributed by atoms with Gasteiger partial charge < -0.3 is 15.3 Å². The smallest absolute Gasteiger partial charge is 0.319 e. The van der Waals surface area contributed by atoms with E-state index in [0.717, 1.165) is 23.5 Å². The number of carbonyl (C=O) groups excluding carboxylic acids is 1. The van der Waals surface area contributed by atoms with Crippen LogP contribution in [-0.2, 0) is 6.42 Å². The second-order valence-electron chi connectivity index (χ2n) is 5.39. The Balaban J connectivity index is 1.56. The third-order valence-corrected chi connectivity index (χ3v) is 4.62. The van der Waals surface area contributed by atoms with E-state index in [1.54, 1.807) is 0 Å². The van der Waals surface area contributed by atoms with Crippen molar-refractivity contribution in [1.82, 2.24) is 5.32 Å².